The van der Waals surface area contributed by atoms with Crippen molar-refractivity contribution in [1.29, 1.82) is 0 Å². The van der Waals surface area contributed by atoms with Crippen molar-refractivity contribution in [3.05, 3.63) is 109 Å². The molecule has 0 spiro atoms. The molecule has 0 fully saturated rings. The van der Waals surface area contributed by atoms with Gasteiger partial charge >= 0.3 is 11.9 Å². The van der Waals surface area contributed by atoms with E-state index in [0.29, 0.717) is 23.9 Å². The zero-order valence-corrected chi connectivity index (χ0v) is 46.1. The quantitative estimate of drug-likeness (QED) is 0.0195. The normalized spacial score (nSPS) is 14.2. The molecule has 2 unspecified atom stereocenters. The Balaban J connectivity index is 4.17. The molecule has 0 aromatic carbocycles. The van der Waals surface area contributed by atoms with Gasteiger partial charge < -0.3 is 27.9 Å². The standard InChI is InChI=1S/C60H102NO8P/c1-6-8-10-12-14-16-18-20-22-23-24-25-26-27-28-29-30-31-32-33-34-35-36-37-39-41-43-45-47-49-51-53-60(63)69-58(57-68-70(64,65)67-55-54-61(3,4)5)56-66-59(62)52-50-48-46-44-42-40-38-21-19-17-15-13-11-9-7-2/h8-11,14-17,20-22,24-25,27-28,30-31,38,58H,6-7,12-13,18-19,23,26,29,32-37,39-57H2,1-5H3/b10-8-,11-9-,16-14-,17-15-,22-20-,25-24-,28-27-,31-30-,38-21-. The van der Waals surface area contributed by atoms with Crippen LogP contribution in [0.4, 0.5) is 0 Å². The number of likely N-dealkylation sites (N-methyl/N-ethyl adjacent to an activating group) is 1. The van der Waals surface area contributed by atoms with Crippen LogP contribution in [0, 0.1) is 0 Å². The summed E-state index contributed by atoms with van der Waals surface area (Å²) in [5.41, 5.74) is 0. The number of unbranched alkanes of at least 4 members (excludes halogenated alkanes) is 17. The van der Waals surface area contributed by atoms with Crippen LogP contribution >= 0.6 is 7.82 Å². The van der Waals surface area contributed by atoms with Gasteiger partial charge in [0.05, 0.1) is 27.7 Å². The van der Waals surface area contributed by atoms with Crippen LogP contribution in [0.1, 0.15) is 206 Å². The van der Waals surface area contributed by atoms with Crippen LogP contribution in [-0.2, 0) is 32.7 Å². The Morgan fingerprint density at radius 1 is 0.443 bits per heavy atom. The summed E-state index contributed by atoms with van der Waals surface area (Å²) in [6, 6.07) is 0. The highest BCUT2D eigenvalue weighted by Gasteiger charge is 2.21. The molecule has 0 bridgehead atoms. The number of carbonyl (C=O) groups excluding carboxylic acids is 2. The molecule has 0 aliphatic heterocycles. The maximum absolute atomic E-state index is 12.8. The smallest absolute Gasteiger partial charge is 0.306 e. The number of ether oxygens (including phenoxy) is 2. The Bertz CT molecular complexity index is 1550. The molecular weight excluding hydrogens is 894 g/mol. The molecule has 0 rings (SSSR count). The van der Waals surface area contributed by atoms with E-state index < -0.39 is 32.5 Å². The van der Waals surface area contributed by atoms with Crippen LogP contribution in [0.5, 0.6) is 0 Å². The Morgan fingerprint density at radius 3 is 1.14 bits per heavy atom. The fourth-order valence-corrected chi connectivity index (χ4v) is 7.81. The lowest BCUT2D eigenvalue weighted by Gasteiger charge is -2.28. The van der Waals surface area contributed by atoms with Crippen molar-refractivity contribution in [3.63, 3.8) is 0 Å². The highest BCUT2D eigenvalue weighted by Crippen LogP contribution is 2.38. The average molecular weight is 996 g/mol. The lowest BCUT2D eigenvalue weighted by Crippen LogP contribution is -2.37. The van der Waals surface area contributed by atoms with E-state index in [4.69, 9.17) is 18.5 Å². The van der Waals surface area contributed by atoms with E-state index in [9.17, 15) is 19.0 Å². The van der Waals surface area contributed by atoms with E-state index in [1.165, 1.54) is 57.8 Å². The summed E-state index contributed by atoms with van der Waals surface area (Å²) in [4.78, 5) is 37.8. The van der Waals surface area contributed by atoms with Gasteiger partial charge in [-0.05, 0) is 96.3 Å². The number of rotatable bonds is 49. The van der Waals surface area contributed by atoms with Crippen molar-refractivity contribution in [1.82, 2.24) is 0 Å². The largest absolute Gasteiger partial charge is 0.756 e. The number of phosphoric ester groups is 1. The molecule has 0 aromatic rings. The summed E-state index contributed by atoms with van der Waals surface area (Å²) >= 11 is 0. The topological polar surface area (TPSA) is 111 Å². The third-order valence-electron chi connectivity index (χ3n) is 11.3. The highest BCUT2D eigenvalue weighted by molar-refractivity contribution is 7.45. The Hall–Kier alpha value is -3.33. The number of phosphoric acid groups is 1. The summed E-state index contributed by atoms with van der Waals surface area (Å²) in [6.07, 6.45) is 69.9. The minimum absolute atomic E-state index is 0.0394. The third-order valence-corrected chi connectivity index (χ3v) is 12.3. The molecule has 70 heavy (non-hydrogen) atoms. The van der Waals surface area contributed by atoms with Gasteiger partial charge in [0.1, 0.15) is 19.8 Å². The van der Waals surface area contributed by atoms with Crippen LogP contribution in [-0.4, -0.2) is 70.0 Å². The molecule has 0 N–H and O–H groups in total. The first-order chi connectivity index (χ1) is 34.0. The van der Waals surface area contributed by atoms with E-state index in [1.807, 2.05) is 21.1 Å². The zero-order valence-electron chi connectivity index (χ0n) is 45.2. The zero-order chi connectivity index (χ0) is 51.3. The molecule has 0 radical (unpaired) electrons. The van der Waals surface area contributed by atoms with Gasteiger partial charge in [0, 0.05) is 12.8 Å². The van der Waals surface area contributed by atoms with Gasteiger partial charge in [-0.3, -0.25) is 14.2 Å². The van der Waals surface area contributed by atoms with Gasteiger partial charge in [-0.1, -0.05) is 207 Å². The number of nitrogens with zero attached hydrogens (tertiary/aromatic N) is 1. The molecule has 0 amide bonds. The second-order valence-corrected chi connectivity index (χ2v) is 20.6. The van der Waals surface area contributed by atoms with Crippen LogP contribution in [0.3, 0.4) is 0 Å². The molecule has 0 saturated heterocycles. The monoisotopic (exact) mass is 996 g/mol. The molecule has 0 aliphatic rings. The van der Waals surface area contributed by atoms with Gasteiger partial charge in [-0.25, -0.2) is 0 Å². The summed E-state index contributed by atoms with van der Waals surface area (Å²) < 4.78 is 34.1. The summed E-state index contributed by atoms with van der Waals surface area (Å²) in [6.45, 7) is 3.97. The second kappa shape index (κ2) is 50.6. The number of hydrogen-bond acceptors (Lipinski definition) is 8. The van der Waals surface area contributed by atoms with Crippen molar-refractivity contribution < 1.29 is 42.1 Å². The van der Waals surface area contributed by atoms with Gasteiger partial charge in [0.15, 0.2) is 6.10 Å². The maximum atomic E-state index is 12.8. The average Bonchev–Trinajstić information content (AvgIpc) is 3.32. The van der Waals surface area contributed by atoms with Gasteiger partial charge in [0.25, 0.3) is 7.82 Å². The number of esters is 2. The first-order valence-electron chi connectivity index (χ1n) is 27.6. The van der Waals surface area contributed by atoms with Crippen LogP contribution in [0.25, 0.3) is 0 Å². The van der Waals surface area contributed by atoms with Crippen molar-refractivity contribution in [2.24, 2.45) is 0 Å². The van der Waals surface area contributed by atoms with E-state index in [2.05, 4.69) is 123 Å². The molecule has 10 heteroatoms. The van der Waals surface area contributed by atoms with Crippen molar-refractivity contribution in [2.45, 2.75) is 213 Å². The Kier molecular flexibility index (Phi) is 48.2. The van der Waals surface area contributed by atoms with Crippen LogP contribution < -0.4 is 4.89 Å². The van der Waals surface area contributed by atoms with Crippen molar-refractivity contribution >= 4 is 19.8 Å². The summed E-state index contributed by atoms with van der Waals surface area (Å²) in [5, 5.41) is 0. The Labute approximate surface area is 429 Å². The summed E-state index contributed by atoms with van der Waals surface area (Å²) in [7, 11) is 1.14. The molecule has 2 atom stereocenters. The first kappa shape index (κ1) is 66.7. The first-order valence-corrected chi connectivity index (χ1v) is 29.1. The predicted octanol–water partition coefficient (Wildman–Crippen LogP) is 16.4. The van der Waals surface area contributed by atoms with Gasteiger partial charge in [0.2, 0.25) is 0 Å². The molecule has 0 saturated carbocycles. The predicted molar refractivity (Wildman–Crippen MR) is 295 cm³/mol. The minimum atomic E-state index is -4.64. The number of carbonyl (C=O) groups is 2. The van der Waals surface area contributed by atoms with Crippen LogP contribution in [0.2, 0.25) is 0 Å². The van der Waals surface area contributed by atoms with Gasteiger partial charge in [-0.15, -0.1) is 0 Å². The van der Waals surface area contributed by atoms with Gasteiger partial charge in [-0.2, -0.15) is 0 Å². The second-order valence-electron chi connectivity index (χ2n) is 19.2. The van der Waals surface area contributed by atoms with E-state index in [1.54, 1.807) is 0 Å². The van der Waals surface area contributed by atoms with Crippen LogP contribution in [0.15, 0.2) is 109 Å². The number of hydrogen-bond donors (Lipinski definition) is 0. The van der Waals surface area contributed by atoms with Crippen molar-refractivity contribution in [3.8, 4) is 0 Å². The SMILES string of the molecule is CC/C=C\C/C=C\C/C=C\C/C=C\C/C=C\C/C=C\CCCCCCCCCCCCCCC(=O)OC(COC(=O)CCCCCCC/C=C\C/C=C\C/C=C\CC)COP(=O)([O-])OCC[N+](C)(C)C. The molecule has 0 aromatic heterocycles. The molecule has 0 aliphatic carbocycles. The molecule has 0 heterocycles. The lowest BCUT2D eigenvalue weighted by molar-refractivity contribution is -0.870. The van der Waals surface area contributed by atoms with E-state index in [0.717, 1.165) is 109 Å². The summed E-state index contributed by atoms with van der Waals surface area (Å²) in [5.74, 6) is -0.862. The Morgan fingerprint density at radius 2 is 0.771 bits per heavy atom. The van der Waals surface area contributed by atoms with E-state index in [-0.39, 0.29) is 26.1 Å². The molecule has 400 valence electrons. The third kappa shape index (κ3) is 54.0. The van der Waals surface area contributed by atoms with Crippen molar-refractivity contribution in [2.75, 3.05) is 47.5 Å². The number of quaternary nitrogens is 1. The molecular formula is C60H102NO8P. The maximum Gasteiger partial charge on any atom is 0.306 e. The minimum Gasteiger partial charge on any atom is -0.756 e. The highest BCUT2D eigenvalue weighted by atomic mass is 31.2. The number of allylic oxidation sites excluding steroid dienone is 18. The fraction of sp³-hybridized carbons (Fsp3) is 0.667. The lowest BCUT2D eigenvalue weighted by atomic mass is 10.0. The molecule has 9 nitrogen and oxygen atoms in total. The fourth-order valence-electron chi connectivity index (χ4n) is 7.08. The van der Waals surface area contributed by atoms with E-state index >= 15 is 0 Å².